The first-order chi connectivity index (χ1) is 12.3. The lowest BCUT2D eigenvalue weighted by Gasteiger charge is -2.19. The lowest BCUT2D eigenvalue weighted by molar-refractivity contribution is 0.102. The molecule has 3 heterocycles. The molecule has 0 unspecified atom stereocenters. The number of hydrogen-bond donors (Lipinski definition) is 1. The number of hydrogen-bond acceptors (Lipinski definition) is 5. The fourth-order valence-corrected chi connectivity index (χ4v) is 3.66. The van der Waals surface area contributed by atoms with Crippen LogP contribution in [0.5, 0.6) is 0 Å². The molecule has 0 bridgehead atoms. The maximum Gasteiger partial charge on any atom is 0.259 e. The maximum atomic E-state index is 12.7. The summed E-state index contributed by atoms with van der Waals surface area (Å²) in [5.41, 5.74) is 2.43. The summed E-state index contributed by atoms with van der Waals surface area (Å²) in [6.45, 7) is 1.92. The van der Waals surface area contributed by atoms with Crippen molar-refractivity contribution in [2.24, 2.45) is 0 Å². The van der Waals surface area contributed by atoms with Crippen molar-refractivity contribution >= 4 is 28.7 Å². The van der Waals surface area contributed by atoms with Gasteiger partial charge < -0.3 is 10.2 Å². The number of pyridine rings is 1. The second-order valence-electron chi connectivity index (χ2n) is 5.94. The smallest absolute Gasteiger partial charge is 0.259 e. The minimum Gasteiger partial charge on any atom is -0.356 e. The molecule has 5 nitrogen and oxygen atoms in total. The monoisotopic (exact) mass is 350 g/mol. The molecule has 1 N–H and O–H groups in total. The molecule has 126 valence electrons. The minimum atomic E-state index is -0.128. The SMILES string of the molecule is O=C(Nc1ccc(-c2nccs2)cc1)c1cccnc1N1CCCC1. The van der Waals surface area contributed by atoms with Crippen LogP contribution >= 0.6 is 11.3 Å². The molecule has 0 atom stereocenters. The summed E-state index contributed by atoms with van der Waals surface area (Å²) in [4.78, 5) is 23.6. The number of benzene rings is 1. The highest BCUT2D eigenvalue weighted by molar-refractivity contribution is 7.13. The van der Waals surface area contributed by atoms with E-state index in [0.29, 0.717) is 5.56 Å². The van der Waals surface area contributed by atoms with Gasteiger partial charge in [0, 0.05) is 42.1 Å². The summed E-state index contributed by atoms with van der Waals surface area (Å²) >= 11 is 1.60. The predicted octanol–water partition coefficient (Wildman–Crippen LogP) is 4.06. The highest BCUT2D eigenvalue weighted by atomic mass is 32.1. The number of anilines is 2. The molecular formula is C19H18N4OS. The Labute approximate surface area is 150 Å². The average molecular weight is 350 g/mol. The Balaban J connectivity index is 1.52. The number of amides is 1. The van der Waals surface area contributed by atoms with E-state index in [2.05, 4.69) is 20.2 Å². The molecule has 2 aromatic heterocycles. The zero-order valence-electron chi connectivity index (χ0n) is 13.7. The van der Waals surface area contributed by atoms with Crippen LogP contribution in [0.3, 0.4) is 0 Å². The van der Waals surface area contributed by atoms with Crippen molar-refractivity contribution in [1.29, 1.82) is 0 Å². The number of carbonyl (C=O) groups excluding carboxylic acids is 1. The van der Waals surface area contributed by atoms with E-state index in [-0.39, 0.29) is 5.91 Å². The number of rotatable bonds is 4. The highest BCUT2D eigenvalue weighted by Crippen LogP contribution is 2.25. The molecule has 6 heteroatoms. The Kier molecular flexibility index (Phi) is 4.43. The van der Waals surface area contributed by atoms with E-state index < -0.39 is 0 Å². The van der Waals surface area contributed by atoms with Crippen molar-refractivity contribution in [2.45, 2.75) is 12.8 Å². The van der Waals surface area contributed by atoms with Gasteiger partial charge in [0.05, 0.1) is 5.56 Å². The van der Waals surface area contributed by atoms with Crippen LogP contribution in [0.2, 0.25) is 0 Å². The lowest BCUT2D eigenvalue weighted by Crippen LogP contribution is -2.24. The van der Waals surface area contributed by atoms with Gasteiger partial charge in [-0.15, -0.1) is 11.3 Å². The first kappa shape index (κ1) is 15.8. The van der Waals surface area contributed by atoms with Crippen LogP contribution in [-0.2, 0) is 0 Å². The van der Waals surface area contributed by atoms with Crippen LogP contribution in [0.4, 0.5) is 11.5 Å². The third-order valence-electron chi connectivity index (χ3n) is 4.26. The van der Waals surface area contributed by atoms with Crippen molar-refractivity contribution in [2.75, 3.05) is 23.3 Å². The quantitative estimate of drug-likeness (QED) is 0.771. The second kappa shape index (κ2) is 7.03. The van der Waals surface area contributed by atoms with Crippen LogP contribution in [-0.4, -0.2) is 29.0 Å². The van der Waals surface area contributed by atoms with E-state index >= 15 is 0 Å². The number of carbonyl (C=O) groups is 1. The van der Waals surface area contributed by atoms with Crippen LogP contribution < -0.4 is 10.2 Å². The summed E-state index contributed by atoms with van der Waals surface area (Å²) in [7, 11) is 0. The van der Waals surface area contributed by atoms with Crippen molar-refractivity contribution in [1.82, 2.24) is 9.97 Å². The van der Waals surface area contributed by atoms with Gasteiger partial charge in [-0.2, -0.15) is 0 Å². The van der Waals surface area contributed by atoms with Crippen LogP contribution in [0.1, 0.15) is 23.2 Å². The summed E-state index contributed by atoms with van der Waals surface area (Å²) in [6, 6.07) is 11.4. The molecule has 0 aliphatic carbocycles. The predicted molar refractivity (Wildman–Crippen MR) is 101 cm³/mol. The summed E-state index contributed by atoms with van der Waals surface area (Å²) < 4.78 is 0. The van der Waals surface area contributed by atoms with Gasteiger partial charge >= 0.3 is 0 Å². The van der Waals surface area contributed by atoms with E-state index in [1.165, 1.54) is 0 Å². The summed E-state index contributed by atoms with van der Waals surface area (Å²) in [6.07, 6.45) is 5.83. The first-order valence-electron chi connectivity index (χ1n) is 8.32. The van der Waals surface area contributed by atoms with Crippen LogP contribution in [0, 0.1) is 0 Å². The van der Waals surface area contributed by atoms with Crippen molar-refractivity contribution in [3.05, 3.63) is 59.7 Å². The normalized spacial score (nSPS) is 13.8. The zero-order valence-corrected chi connectivity index (χ0v) is 14.5. The fourth-order valence-electron chi connectivity index (χ4n) is 3.02. The van der Waals surface area contributed by atoms with Gasteiger partial charge in [0.1, 0.15) is 10.8 Å². The Bertz CT molecular complexity index is 855. The van der Waals surface area contributed by atoms with Gasteiger partial charge in [-0.05, 0) is 49.2 Å². The van der Waals surface area contributed by atoms with Gasteiger partial charge in [0.2, 0.25) is 0 Å². The summed E-state index contributed by atoms with van der Waals surface area (Å²) in [5.74, 6) is 0.647. The Morgan fingerprint density at radius 1 is 1.04 bits per heavy atom. The topological polar surface area (TPSA) is 58.1 Å². The molecule has 0 radical (unpaired) electrons. The Morgan fingerprint density at radius 2 is 1.84 bits per heavy atom. The molecule has 4 rings (SSSR count). The van der Waals surface area contributed by atoms with Crippen molar-refractivity contribution in [3.63, 3.8) is 0 Å². The second-order valence-corrected chi connectivity index (χ2v) is 6.83. The molecule has 1 saturated heterocycles. The van der Waals surface area contributed by atoms with E-state index in [4.69, 9.17) is 0 Å². The molecule has 0 spiro atoms. The third-order valence-corrected chi connectivity index (χ3v) is 5.08. The number of thiazole rings is 1. The third kappa shape index (κ3) is 3.39. The molecule has 3 aromatic rings. The number of aromatic nitrogens is 2. The van der Waals surface area contributed by atoms with Gasteiger partial charge in [-0.25, -0.2) is 9.97 Å². The average Bonchev–Trinajstić information content (AvgIpc) is 3.36. The molecule has 25 heavy (non-hydrogen) atoms. The van der Waals surface area contributed by atoms with E-state index in [1.54, 1.807) is 29.8 Å². The van der Waals surface area contributed by atoms with Gasteiger partial charge in [-0.3, -0.25) is 4.79 Å². The molecule has 1 fully saturated rings. The minimum absolute atomic E-state index is 0.128. The molecule has 1 aliphatic heterocycles. The first-order valence-corrected chi connectivity index (χ1v) is 9.20. The van der Waals surface area contributed by atoms with Crippen molar-refractivity contribution < 1.29 is 4.79 Å². The standard InChI is InChI=1S/C19H18N4OS/c24-18(16-4-3-9-20-17(16)23-11-1-2-12-23)22-15-7-5-14(6-8-15)19-21-10-13-25-19/h3-10,13H,1-2,11-12H2,(H,22,24). The van der Waals surface area contributed by atoms with E-state index in [9.17, 15) is 4.79 Å². The van der Waals surface area contributed by atoms with Gasteiger partial charge in [0.15, 0.2) is 0 Å². The molecular weight excluding hydrogens is 332 g/mol. The van der Waals surface area contributed by atoms with Crippen molar-refractivity contribution in [3.8, 4) is 10.6 Å². The highest BCUT2D eigenvalue weighted by Gasteiger charge is 2.20. The lowest BCUT2D eigenvalue weighted by atomic mass is 10.2. The Hall–Kier alpha value is -2.73. The summed E-state index contributed by atoms with van der Waals surface area (Å²) in [5, 5.41) is 5.90. The fraction of sp³-hybridized carbons (Fsp3) is 0.211. The molecule has 1 aliphatic rings. The van der Waals surface area contributed by atoms with Gasteiger partial charge in [0.25, 0.3) is 5.91 Å². The Morgan fingerprint density at radius 3 is 2.56 bits per heavy atom. The molecule has 1 aromatic carbocycles. The number of nitrogens with zero attached hydrogens (tertiary/aromatic N) is 3. The maximum absolute atomic E-state index is 12.7. The van der Waals surface area contributed by atoms with Crippen LogP contribution in [0.25, 0.3) is 10.6 Å². The zero-order chi connectivity index (χ0) is 17.1. The molecule has 0 saturated carbocycles. The van der Waals surface area contributed by atoms with Gasteiger partial charge in [-0.1, -0.05) is 0 Å². The van der Waals surface area contributed by atoms with E-state index in [1.807, 2.05) is 35.7 Å². The largest absolute Gasteiger partial charge is 0.356 e. The van der Waals surface area contributed by atoms with Crippen LogP contribution in [0.15, 0.2) is 54.2 Å². The number of nitrogens with one attached hydrogen (secondary N) is 1. The van der Waals surface area contributed by atoms with E-state index in [0.717, 1.165) is 48.0 Å². The molecule has 1 amide bonds.